The molecule has 0 saturated heterocycles. The average Bonchev–Trinajstić information content (AvgIpc) is 2.60. The van der Waals surface area contributed by atoms with Crippen molar-refractivity contribution in [2.45, 2.75) is 6.18 Å². The number of nitrogens with zero attached hydrogens (tertiary/aromatic N) is 1. The Labute approximate surface area is 149 Å². The summed E-state index contributed by atoms with van der Waals surface area (Å²) in [7, 11) is 2.05. The molecule has 0 N–H and O–H groups in total. The van der Waals surface area contributed by atoms with E-state index in [1.807, 2.05) is 0 Å². The van der Waals surface area contributed by atoms with E-state index >= 15 is 0 Å². The number of halogens is 5. The first kappa shape index (κ1) is 20.0. The summed E-state index contributed by atoms with van der Waals surface area (Å²) in [6.45, 7) is -0.821. The quantitative estimate of drug-likeness (QED) is 0.577. The summed E-state index contributed by atoms with van der Waals surface area (Å²) < 4.78 is 67.2. The van der Waals surface area contributed by atoms with Gasteiger partial charge >= 0.3 is 18.1 Å². The minimum Gasteiger partial charge on any atom is -0.466 e. The van der Waals surface area contributed by atoms with E-state index in [2.05, 4.69) is 9.47 Å². The molecular weight excluding hydrogens is 386 g/mol. The van der Waals surface area contributed by atoms with Crippen molar-refractivity contribution in [3.05, 3.63) is 39.8 Å². The summed E-state index contributed by atoms with van der Waals surface area (Å²) in [5.41, 5.74) is -2.71. The zero-order chi connectivity index (χ0) is 19.6. The Hall–Kier alpha value is -2.33. The van der Waals surface area contributed by atoms with E-state index in [1.165, 1.54) is 0 Å². The van der Waals surface area contributed by atoms with E-state index in [1.54, 1.807) is 0 Å². The minimum absolute atomic E-state index is 0.222. The fraction of sp³-hybridized carbons (Fsp3) is 0.333. The first-order chi connectivity index (χ1) is 12.1. The van der Waals surface area contributed by atoms with Gasteiger partial charge in [0.2, 0.25) is 0 Å². The number of rotatable bonds is 3. The Morgan fingerprint density at radius 2 is 1.81 bits per heavy atom. The van der Waals surface area contributed by atoms with Crippen LogP contribution in [0.5, 0.6) is 0 Å². The van der Waals surface area contributed by atoms with Crippen molar-refractivity contribution in [3.8, 4) is 0 Å². The van der Waals surface area contributed by atoms with Gasteiger partial charge in [0.15, 0.2) is 0 Å². The van der Waals surface area contributed by atoms with Crippen molar-refractivity contribution in [1.82, 2.24) is 0 Å². The highest BCUT2D eigenvalue weighted by Gasteiger charge is 2.38. The maximum Gasteiger partial charge on any atom is 0.418 e. The van der Waals surface area contributed by atoms with Crippen LogP contribution >= 0.6 is 11.6 Å². The predicted molar refractivity (Wildman–Crippen MR) is 80.8 cm³/mol. The molecule has 6 nitrogen and oxygen atoms in total. The zero-order valence-corrected chi connectivity index (χ0v) is 14.2. The fourth-order valence-electron chi connectivity index (χ4n) is 2.31. The van der Waals surface area contributed by atoms with Crippen molar-refractivity contribution in [2.24, 2.45) is 0 Å². The lowest BCUT2D eigenvalue weighted by Crippen LogP contribution is -2.39. The fourth-order valence-corrected chi connectivity index (χ4v) is 2.63. The number of esters is 2. The number of ether oxygens (including phenoxy) is 3. The summed E-state index contributed by atoms with van der Waals surface area (Å²) >= 11 is 5.80. The highest BCUT2D eigenvalue weighted by Crippen LogP contribution is 2.42. The molecule has 0 aromatic heterocycles. The van der Waals surface area contributed by atoms with Crippen LogP contribution in [0.1, 0.15) is 5.56 Å². The van der Waals surface area contributed by atoms with E-state index in [4.69, 9.17) is 16.3 Å². The van der Waals surface area contributed by atoms with Crippen molar-refractivity contribution in [3.63, 3.8) is 0 Å². The number of carbonyl (C=O) groups is 2. The molecule has 0 unspecified atom stereocenters. The molecule has 1 aromatic rings. The van der Waals surface area contributed by atoms with Crippen LogP contribution in [0.2, 0.25) is 5.02 Å². The van der Waals surface area contributed by atoms with E-state index in [0.29, 0.717) is 6.07 Å². The second kappa shape index (κ2) is 7.50. The molecule has 11 heteroatoms. The summed E-state index contributed by atoms with van der Waals surface area (Å²) in [5.74, 6) is -3.26. The monoisotopic (exact) mass is 397 g/mol. The lowest BCUT2D eigenvalue weighted by atomic mass is 10.1. The summed E-state index contributed by atoms with van der Waals surface area (Å²) in [4.78, 5) is 24.8. The highest BCUT2D eigenvalue weighted by molar-refractivity contribution is 6.34. The third kappa shape index (κ3) is 3.75. The van der Waals surface area contributed by atoms with E-state index in [0.717, 1.165) is 19.1 Å². The second-order valence-electron chi connectivity index (χ2n) is 5.00. The number of methoxy groups -OCH3 is 2. The van der Waals surface area contributed by atoms with Gasteiger partial charge in [-0.25, -0.2) is 14.0 Å². The SMILES string of the molecule is COC(=O)C1=C(C(=O)OC)N(c2cc(F)cc(C(F)(F)F)c2Cl)COC1. The molecule has 1 heterocycles. The lowest BCUT2D eigenvalue weighted by molar-refractivity contribution is -0.140. The van der Waals surface area contributed by atoms with Gasteiger partial charge in [-0.3, -0.25) is 0 Å². The van der Waals surface area contributed by atoms with Crippen molar-refractivity contribution in [2.75, 3.05) is 32.5 Å². The van der Waals surface area contributed by atoms with Gasteiger partial charge in [-0.1, -0.05) is 11.6 Å². The molecule has 0 amide bonds. The second-order valence-corrected chi connectivity index (χ2v) is 5.38. The molecule has 0 radical (unpaired) electrons. The van der Waals surface area contributed by atoms with Crippen LogP contribution in [0.25, 0.3) is 0 Å². The molecular formula is C15H12ClF4NO5. The van der Waals surface area contributed by atoms with Crippen molar-refractivity contribution in [1.29, 1.82) is 0 Å². The minimum atomic E-state index is -4.94. The Morgan fingerprint density at radius 3 is 2.35 bits per heavy atom. The van der Waals surface area contributed by atoms with Crippen LogP contribution in [0.4, 0.5) is 23.2 Å². The van der Waals surface area contributed by atoms with E-state index in [-0.39, 0.29) is 18.2 Å². The molecule has 0 atom stereocenters. The lowest BCUT2D eigenvalue weighted by Gasteiger charge is -2.32. The van der Waals surface area contributed by atoms with Crippen LogP contribution in [-0.4, -0.2) is 39.5 Å². The van der Waals surface area contributed by atoms with Crippen LogP contribution in [0.3, 0.4) is 0 Å². The van der Waals surface area contributed by atoms with E-state index in [9.17, 15) is 27.2 Å². The highest BCUT2D eigenvalue weighted by atomic mass is 35.5. The molecule has 142 valence electrons. The number of alkyl halides is 3. The van der Waals surface area contributed by atoms with E-state index < -0.39 is 52.6 Å². The van der Waals surface area contributed by atoms with Gasteiger partial charge in [0, 0.05) is 0 Å². The molecule has 2 rings (SSSR count). The number of carbonyl (C=O) groups excluding carboxylic acids is 2. The smallest absolute Gasteiger partial charge is 0.418 e. The molecule has 1 aliphatic heterocycles. The molecule has 26 heavy (non-hydrogen) atoms. The molecule has 1 aliphatic rings. The number of hydrogen-bond donors (Lipinski definition) is 0. The summed E-state index contributed by atoms with van der Waals surface area (Å²) in [6, 6.07) is 0.906. The van der Waals surface area contributed by atoms with Crippen molar-refractivity contribution < 1.29 is 41.4 Å². The topological polar surface area (TPSA) is 65.1 Å². The molecule has 0 saturated carbocycles. The van der Waals surface area contributed by atoms with Crippen LogP contribution in [-0.2, 0) is 30.0 Å². The standard InChI is InChI=1S/C15H12ClF4NO5/c1-24-13(22)8-5-26-6-21(12(8)14(23)25-2)10-4-7(17)3-9(11(10)16)15(18,19)20/h3-4H,5-6H2,1-2H3. The van der Waals surface area contributed by atoms with Crippen LogP contribution in [0, 0.1) is 5.82 Å². The summed E-state index contributed by atoms with van der Waals surface area (Å²) in [5, 5.41) is -0.866. The van der Waals surface area contributed by atoms with Crippen LogP contribution < -0.4 is 4.90 Å². The van der Waals surface area contributed by atoms with Crippen LogP contribution in [0.15, 0.2) is 23.4 Å². The predicted octanol–water partition coefficient (Wildman–Crippen LogP) is 2.89. The Bertz CT molecular complexity index is 778. The summed E-state index contributed by atoms with van der Waals surface area (Å²) in [6.07, 6.45) is -4.94. The maximum atomic E-state index is 13.8. The largest absolute Gasteiger partial charge is 0.466 e. The Kier molecular flexibility index (Phi) is 5.77. The molecule has 0 bridgehead atoms. The Balaban J connectivity index is 2.71. The van der Waals surface area contributed by atoms with Crippen molar-refractivity contribution >= 4 is 29.2 Å². The Morgan fingerprint density at radius 1 is 1.19 bits per heavy atom. The van der Waals surface area contributed by atoms with Gasteiger partial charge in [0.25, 0.3) is 0 Å². The van der Waals surface area contributed by atoms with Gasteiger partial charge in [0.1, 0.15) is 18.2 Å². The van der Waals surface area contributed by atoms with Gasteiger partial charge in [0.05, 0.1) is 42.7 Å². The molecule has 0 spiro atoms. The van der Waals surface area contributed by atoms with Gasteiger partial charge < -0.3 is 19.1 Å². The zero-order valence-electron chi connectivity index (χ0n) is 13.4. The van der Waals surface area contributed by atoms with Gasteiger partial charge in [-0.2, -0.15) is 13.2 Å². The molecule has 1 aromatic carbocycles. The van der Waals surface area contributed by atoms with Gasteiger partial charge in [-0.15, -0.1) is 0 Å². The maximum absolute atomic E-state index is 13.8. The first-order valence-electron chi connectivity index (χ1n) is 6.93. The first-order valence-corrected chi connectivity index (χ1v) is 7.30. The number of benzene rings is 1. The molecule has 0 fully saturated rings. The van der Waals surface area contributed by atoms with Gasteiger partial charge in [-0.05, 0) is 12.1 Å². The number of anilines is 1. The third-order valence-corrected chi connectivity index (χ3v) is 3.84. The third-order valence-electron chi connectivity index (χ3n) is 3.45. The molecule has 0 aliphatic carbocycles. The average molecular weight is 398 g/mol. The number of hydrogen-bond acceptors (Lipinski definition) is 6. The normalized spacial score (nSPS) is 15.1.